The molecule has 1 amide bonds. The van der Waals surface area contributed by atoms with Crippen molar-refractivity contribution < 1.29 is 14.3 Å². The zero-order valence-corrected chi connectivity index (χ0v) is 12.2. The van der Waals surface area contributed by atoms with Crippen molar-refractivity contribution in [3.63, 3.8) is 0 Å². The summed E-state index contributed by atoms with van der Waals surface area (Å²) in [7, 11) is 0. The van der Waals surface area contributed by atoms with Gasteiger partial charge in [0.05, 0.1) is 11.1 Å². The third kappa shape index (κ3) is 4.03. The van der Waals surface area contributed by atoms with Gasteiger partial charge in [-0.25, -0.2) is 4.39 Å². The summed E-state index contributed by atoms with van der Waals surface area (Å²) in [5, 5.41) is 12.5. The van der Waals surface area contributed by atoms with E-state index in [9.17, 15) is 14.3 Å². The second kappa shape index (κ2) is 6.70. The van der Waals surface area contributed by atoms with Crippen LogP contribution in [0.25, 0.3) is 0 Å². The second-order valence-corrected chi connectivity index (χ2v) is 5.17. The van der Waals surface area contributed by atoms with E-state index in [2.05, 4.69) is 5.32 Å². The monoisotopic (exact) mass is 307 g/mol. The molecule has 0 saturated carbocycles. The lowest BCUT2D eigenvalue weighted by Crippen LogP contribution is -2.28. The van der Waals surface area contributed by atoms with E-state index in [1.807, 2.05) is 19.1 Å². The molecule has 0 radical (unpaired) electrons. The van der Waals surface area contributed by atoms with E-state index < -0.39 is 17.8 Å². The maximum Gasteiger partial charge on any atom is 0.251 e. The minimum atomic E-state index is -0.813. The fraction of sp³-hybridized carbons (Fsp3) is 0.188. The molecule has 110 valence electrons. The van der Waals surface area contributed by atoms with Crippen LogP contribution in [0.1, 0.15) is 27.6 Å². The van der Waals surface area contributed by atoms with Crippen molar-refractivity contribution in [3.05, 3.63) is 70.0 Å². The standard InChI is InChI=1S/C16H15ClFNO2/c1-10-2-4-11(5-3-10)15(20)9-19-16(21)12-6-7-13(17)14(18)8-12/h2-8,15,20H,9H2,1H3,(H,19,21). The zero-order chi connectivity index (χ0) is 15.4. The second-order valence-electron chi connectivity index (χ2n) is 4.77. The topological polar surface area (TPSA) is 49.3 Å². The summed E-state index contributed by atoms with van der Waals surface area (Å²) < 4.78 is 13.3. The number of hydrogen-bond donors (Lipinski definition) is 2. The minimum absolute atomic E-state index is 0.0359. The van der Waals surface area contributed by atoms with E-state index in [1.165, 1.54) is 12.1 Å². The molecule has 0 spiro atoms. The Bertz CT molecular complexity index is 643. The lowest BCUT2D eigenvalue weighted by Gasteiger charge is -2.12. The number of hydrogen-bond acceptors (Lipinski definition) is 2. The maximum absolute atomic E-state index is 13.3. The average Bonchev–Trinajstić information content (AvgIpc) is 2.48. The molecule has 2 aromatic carbocycles. The zero-order valence-electron chi connectivity index (χ0n) is 11.4. The molecule has 0 fully saturated rings. The van der Waals surface area contributed by atoms with Gasteiger partial charge in [0.1, 0.15) is 5.82 Å². The number of carbonyl (C=O) groups is 1. The van der Waals surface area contributed by atoms with Crippen LogP contribution in [-0.4, -0.2) is 17.6 Å². The maximum atomic E-state index is 13.3. The highest BCUT2D eigenvalue weighted by Gasteiger charge is 2.12. The summed E-state index contributed by atoms with van der Waals surface area (Å²) in [4.78, 5) is 11.9. The average molecular weight is 308 g/mol. The summed E-state index contributed by atoms with van der Waals surface area (Å²) in [6, 6.07) is 11.2. The van der Waals surface area contributed by atoms with Crippen LogP contribution < -0.4 is 5.32 Å². The van der Waals surface area contributed by atoms with Crippen LogP contribution in [0.15, 0.2) is 42.5 Å². The van der Waals surface area contributed by atoms with Gasteiger partial charge in [-0.15, -0.1) is 0 Å². The van der Waals surface area contributed by atoms with Crippen molar-refractivity contribution in [2.45, 2.75) is 13.0 Å². The van der Waals surface area contributed by atoms with Gasteiger partial charge in [0.15, 0.2) is 0 Å². The van der Waals surface area contributed by atoms with Gasteiger partial charge in [-0.05, 0) is 30.7 Å². The normalized spacial score (nSPS) is 12.0. The molecule has 0 aliphatic carbocycles. The molecule has 1 unspecified atom stereocenters. The SMILES string of the molecule is Cc1ccc(C(O)CNC(=O)c2ccc(Cl)c(F)c2)cc1. The van der Waals surface area contributed by atoms with E-state index in [0.29, 0.717) is 5.56 Å². The Morgan fingerprint density at radius 1 is 1.29 bits per heavy atom. The molecule has 0 saturated heterocycles. The number of aryl methyl sites for hydroxylation is 1. The third-order valence-electron chi connectivity index (χ3n) is 3.10. The highest BCUT2D eigenvalue weighted by atomic mass is 35.5. The van der Waals surface area contributed by atoms with Crippen LogP contribution in [-0.2, 0) is 0 Å². The van der Waals surface area contributed by atoms with Crippen molar-refractivity contribution in [2.24, 2.45) is 0 Å². The van der Waals surface area contributed by atoms with Gasteiger partial charge >= 0.3 is 0 Å². The van der Waals surface area contributed by atoms with E-state index in [4.69, 9.17) is 11.6 Å². The molecular formula is C16H15ClFNO2. The largest absolute Gasteiger partial charge is 0.387 e. The molecule has 0 aliphatic heterocycles. The molecule has 0 heterocycles. The van der Waals surface area contributed by atoms with Crippen molar-refractivity contribution in [1.82, 2.24) is 5.32 Å². The molecule has 2 N–H and O–H groups in total. The first-order chi connectivity index (χ1) is 9.97. The molecule has 0 aliphatic rings. The van der Waals surface area contributed by atoms with E-state index >= 15 is 0 Å². The van der Waals surface area contributed by atoms with Crippen molar-refractivity contribution in [1.29, 1.82) is 0 Å². The number of amides is 1. The molecule has 3 nitrogen and oxygen atoms in total. The summed E-state index contributed by atoms with van der Waals surface area (Å²) in [6.07, 6.45) is -0.813. The fourth-order valence-electron chi connectivity index (χ4n) is 1.84. The van der Waals surface area contributed by atoms with Gasteiger partial charge < -0.3 is 10.4 Å². The Kier molecular flexibility index (Phi) is 4.94. The van der Waals surface area contributed by atoms with E-state index in [0.717, 1.165) is 11.6 Å². The Hall–Kier alpha value is -1.91. The van der Waals surface area contributed by atoms with Gasteiger partial charge in [0.25, 0.3) is 5.91 Å². The number of benzene rings is 2. The minimum Gasteiger partial charge on any atom is -0.387 e. The van der Waals surface area contributed by atoms with E-state index in [1.54, 1.807) is 12.1 Å². The quantitative estimate of drug-likeness (QED) is 0.911. The lowest BCUT2D eigenvalue weighted by molar-refractivity contribution is 0.0916. The molecule has 0 aromatic heterocycles. The van der Waals surface area contributed by atoms with Gasteiger partial charge in [0, 0.05) is 12.1 Å². The Morgan fingerprint density at radius 2 is 1.95 bits per heavy atom. The number of aliphatic hydroxyl groups is 1. The first kappa shape index (κ1) is 15.5. The van der Waals surface area contributed by atoms with Crippen LogP contribution in [0.5, 0.6) is 0 Å². The van der Waals surface area contributed by atoms with Gasteiger partial charge in [-0.3, -0.25) is 4.79 Å². The van der Waals surface area contributed by atoms with Gasteiger partial charge in [-0.2, -0.15) is 0 Å². The van der Waals surface area contributed by atoms with Crippen LogP contribution in [0.2, 0.25) is 5.02 Å². The first-order valence-corrected chi connectivity index (χ1v) is 6.83. The molecule has 5 heteroatoms. The highest BCUT2D eigenvalue weighted by Crippen LogP contribution is 2.16. The third-order valence-corrected chi connectivity index (χ3v) is 3.41. The van der Waals surface area contributed by atoms with Gasteiger partial charge in [-0.1, -0.05) is 41.4 Å². The Labute approximate surface area is 127 Å². The highest BCUT2D eigenvalue weighted by molar-refractivity contribution is 6.30. The lowest BCUT2D eigenvalue weighted by atomic mass is 10.1. The van der Waals surface area contributed by atoms with Crippen LogP contribution in [0, 0.1) is 12.7 Å². The molecule has 1 atom stereocenters. The predicted octanol–water partition coefficient (Wildman–Crippen LogP) is 3.25. The van der Waals surface area contributed by atoms with Crippen LogP contribution in [0.4, 0.5) is 4.39 Å². The fourth-order valence-corrected chi connectivity index (χ4v) is 1.95. The number of halogens is 2. The summed E-state index contributed by atoms with van der Waals surface area (Å²) in [5.74, 6) is -1.11. The summed E-state index contributed by atoms with van der Waals surface area (Å²) >= 11 is 5.56. The first-order valence-electron chi connectivity index (χ1n) is 6.45. The summed E-state index contributed by atoms with van der Waals surface area (Å²) in [5.41, 5.74) is 1.96. The molecule has 2 aromatic rings. The molecular weight excluding hydrogens is 293 g/mol. The van der Waals surface area contributed by atoms with Gasteiger partial charge in [0.2, 0.25) is 0 Å². The smallest absolute Gasteiger partial charge is 0.251 e. The molecule has 2 rings (SSSR count). The van der Waals surface area contributed by atoms with Crippen molar-refractivity contribution in [3.8, 4) is 0 Å². The Balaban J connectivity index is 1.97. The summed E-state index contributed by atoms with van der Waals surface area (Å²) in [6.45, 7) is 2.00. The Morgan fingerprint density at radius 3 is 2.57 bits per heavy atom. The van der Waals surface area contributed by atoms with Crippen LogP contribution >= 0.6 is 11.6 Å². The number of nitrogens with one attached hydrogen (secondary N) is 1. The van der Waals surface area contributed by atoms with Crippen molar-refractivity contribution in [2.75, 3.05) is 6.54 Å². The predicted molar refractivity (Wildman–Crippen MR) is 79.9 cm³/mol. The van der Waals surface area contributed by atoms with Crippen molar-refractivity contribution >= 4 is 17.5 Å². The van der Waals surface area contributed by atoms with E-state index in [-0.39, 0.29) is 17.1 Å². The molecule has 0 bridgehead atoms. The molecule has 21 heavy (non-hydrogen) atoms. The van der Waals surface area contributed by atoms with Crippen LogP contribution in [0.3, 0.4) is 0 Å². The number of rotatable bonds is 4. The number of aliphatic hydroxyl groups excluding tert-OH is 1. The number of carbonyl (C=O) groups excluding carboxylic acids is 1.